The molecule has 0 spiro atoms. The lowest BCUT2D eigenvalue weighted by Crippen LogP contribution is -2.35. The highest BCUT2D eigenvalue weighted by atomic mass is 16.3. The first-order valence-electron chi connectivity index (χ1n) is 10.4. The summed E-state index contributed by atoms with van der Waals surface area (Å²) in [6, 6.07) is 16.1. The average Bonchev–Trinajstić information content (AvgIpc) is 3.03. The van der Waals surface area contributed by atoms with E-state index in [9.17, 15) is 9.90 Å². The number of hydrogen-bond acceptors (Lipinski definition) is 2. The molecule has 0 bridgehead atoms. The lowest BCUT2D eigenvalue weighted by molar-refractivity contribution is 0.00308. The highest BCUT2D eigenvalue weighted by Gasteiger charge is 2.46. The van der Waals surface area contributed by atoms with Crippen LogP contribution in [0.4, 0.5) is 0 Å². The van der Waals surface area contributed by atoms with Crippen LogP contribution in [-0.2, 0) is 16.4 Å². The van der Waals surface area contributed by atoms with E-state index >= 15 is 0 Å². The normalized spacial score (nSPS) is 23.0. The molecule has 28 heavy (non-hydrogen) atoms. The van der Waals surface area contributed by atoms with Crippen molar-refractivity contribution in [3.8, 4) is 0 Å². The summed E-state index contributed by atoms with van der Waals surface area (Å²) in [5.41, 5.74) is 3.07. The number of carbonyl (C=O) groups excluding carboxylic acids is 1. The number of aliphatic hydroxyl groups is 1. The molecule has 0 heterocycles. The standard InChI is InChI=1S/C26H34O2/c1-24(2,3)19-11-9-18(10-12-19)23(27)22-8-7-17-26(22,28)21-15-13-20(14-16-21)25(4,5)6/h9-16,22,28H,7-8,17H2,1-6H3/t22-,26+/m0/s1. The minimum Gasteiger partial charge on any atom is -0.384 e. The van der Waals surface area contributed by atoms with Gasteiger partial charge >= 0.3 is 0 Å². The zero-order valence-corrected chi connectivity index (χ0v) is 18.2. The molecular formula is C26H34O2. The van der Waals surface area contributed by atoms with Gasteiger partial charge in [0.1, 0.15) is 0 Å². The molecular weight excluding hydrogens is 344 g/mol. The van der Waals surface area contributed by atoms with Crippen molar-refractivity contribution in [1.29, 1.82) is 0 Å². The maximum absolute atomic E-state index is 13.3. The Hall–Kier alpha value is -1.93. The Morgan fingerprint density at radius 1 is 0.857 bits per heavy atom. The van der Waals surface area contributed by atoms with Crippen molar-refractivity contribution in [2.75, 3.05) is 0 Å². The van der Waals surface area contributed by atoms with Gasteiger partial charge in [0, 0.05) is 5.56 Å². The molecule has 1 N–H and O–H groups in total. The first-order valence-corrected chi connectivity index (χ1v) is 10.4. The summed E-state index contributed by atoms with van der Waals surface area (Å²) < 4.78 is 0. The minimum absolute atomic E-state index is 0.0559. The van der Waals surface area contributed by atoms with Crippen LogP contribution < -0.4 is 0 Å². The SMILES string of the molecule is CC(C)(C)c1ccc(C(=O)[C@@H]2CCC[C@@]2(O)c2ccc(C(C)(C)C)cc2)cc1. The Labute approximate surface area is 170 Å². The quantitative estimate of drug-likeness (QED) is 0.650. The van der Waals surface area contributed by atoms with Crippen LogP contribution in [0.2, 0.25) is 0 Å². The van der Waals surface area contributed by atoms with Crippen molar-refractivity contribution < 1.29 is 9.90 Å². The van der Waals surface area contributed by atoms with Crippen LogP contribution in [0, 0.1) is 5.92 Å². The van der Waals surface area contributed by atoms with Crippen LogP contribution in [0.25, 0.3) is 0 Å². The molecule has 0 saturated heterocycles. The highest BCUT2D eigenvalue weighted by Crippen LogP contribution is 2.45. The molecule has 150 valence electrons. The zero-order chi connectivity index (χ0) is 20.7. The third-order valence-corrected chi connectivity index (χ3v) is 6.23. The van der Waals surface area contributed by atoms with Gasteiger partial charge in [-0.15, -0.1) is 0 Å². The van der Waals surface area contributed by atoms with E-state index in [4.69, 9.17) is 0 Å². The summed E-state index contributed by atoms with van der Waals surface area (Å²) >= 11 is 0. The van der Waals surface area contributed by atoms with Gasteiger partial charge in [-0.1, -0.05) is 90.1 Å². The van der Waals surface area contributed by atoms with E-state index in [-0.39, 0.29) is 22.5 Å². The van der Waals surface area contributed by atoms with E-state index in [1.807, 2.05) is 36.4 Å². The molecule has 0 amide bonds. The largest absolute Gasteiger partial charge is 0.384 e. The molecule has 2 heteroatoms. The molecule has 1 fully saturated rings. The molecule has 0 unspecified atom stereocenters. The first kappa shape index (κ1) is 20.8. The van der Waals surface area contributed by atoms with Gasteiger partial charge in [0.25, 0.3) is 0 Å². The molecule has 2 nitrogen and oxygen atoms in total. The van der Waals surface area contributed by atoms with Gasteiger partial charge in [-0.25, -0.2) is 0 Å². The van der Waals surface area contributed by atoms with Crippen molar-refractivity contribution in [1.82, 2.24) is 0 Å². The second kappa shape index (κ2) is 7.15. The molecule has 0 aliphatic heterocycles. The van der Waals surface area contributed by atoms with E-state index in [1.54, 1.807) is 0 Å². The predicted molar refractivity (Wildman–Crippen MR) is 116 cm³/mol. The number of benzene rings is 2. The Bertz CT molecular complexity index is 832. The molecule has 2 atom stereocenters. The summed E-state index contributed by atoms with van der Waals surface area (Å²) in [5.74, 6) is -0.325. The third-order valence-electron chi connectivity index (χ3n) is 6.23. The van der Waals surface area contributed by atoms with Gasteiger partial charge < -0.3 is 5.11 Å². The van der Waals surface area contributed by atoms with Gasteiger partial charge in [-0.2, -0.15) is 0 Å². The van der Waals surface area contributed by atoms with Crippen molar-refractivity contribution in [2.24, 2.45) is 5.92 Å². The second-order valence-corrected chi connectivity index (χ2v) is 10.4. The Morgan fingerprint density at radius 3 is 1.79 bits per heavy atom. The Morgan fingerprint density at radius 2 is 1.32 bits per heavy atom. The van der Waals surface area contributed by atoms with Crippen molar-refractivity contribution in [3.05, 3.63) is 70.8 Å². The van der Waals surface area contributed by atoms with Crippen LogP contribution >= 0.6 is 0 Å². The van der Waals surface area contributed by atoms with E-state index in [1.165, 1.54) is 11.1 Å². The van der Waals surface area contributed by atoms with Crippen molar-refractivity contribution in [3.63, 3.8) is 0 Å². The van der Waals surface area contributed by atoms with E-state index in [2.05, 4.69) is 53.7 Å². The monoisotopic (exact) mass is 378 g/mol. The molecule has 1 aliphatic carbocycles. The fourth-order valence-electron chi connectivity index (χ4n) is 4.28. The molecule has 2 aromatic carbocycles. The van der Waals surface area contributed by atoms with Crippen LogP contribution in [0.5, 0.6) is 0 Å². The molecule has 0 aromatic heterocycles. The fourth-order valence-corrected chi connectivity index (χ4v) is 4.28. The van der Waals surface area contributed by atoms with E-state index < -0.39 is 5.60 Å². The maximum Gasteiger partial charge on any atom is 0.169 e. The smallest absolute Gasteiger partial charge is 0.169 e. The van der Waals surface area contributed by atoms with Gasteiger partial charge in [0.15, 0.2) is 5.78 Å². The van der Waals surface area contributed by atoms with E-state index in [0.29, 0.717) is 12.0 Å². The summed E-state index contributed by atoms with van der Waals surface area (Å²) in [4.78, 5) is 13.3. The zero-order valence-electron chi connectivity index (χ0n) is 18.2. The third kappa shape index (κ3) is 3.93. The second-order valence-electron chi connectivity index (χ2n) is 10.4. The Kier molecular flexibility index (Phi) is 5.31. The molecule has 3 rings (SSSR count). The minimum atomic E-state index is -1.07. The summed E-state index contributed by atoms with van der Waals surface area (Å²) in [6.45, 7) is 13.0. The van der Waals surface area contributed by atoms with Crippen LogP contribution in [0.15, 0.2) is 48.5 Å². The summed E-state index contributed by atoms with van der Waals surface area (Å²) in [5, 5.41) is 11.5. The lowest BCUT2D eigenvalue weighted by Gasteiger charge is -2.31. The van der Waals surface area contributed by atoms with Crippen LogP contribution in [0.1, 0.15) is 87.9 Å². The summed E-state index contributed by atoms with van der Waals surface area (Å²) in [7, 11) is 0. The highest BCUT2D eigenvalue weighted by molar-refractivity contribution is 5.99. The van der Waals surface area contributed by atoms with Gasteiger partial charge in [-0.05, 0) is 46.8 Å². The van der Waals surface area contributed by atoms with E-state index in [0.717, 1.165) is 18.4 Å². The summed E-state index contributed by atoms with van der Waals surface area (Å²) in [6.07, 6.45) is 2.24. The number of rotatable bonds is 3. The fraction of sp³-hybridized carbons (Fsp3) is 0.500. The van der Waals surface area contributed by atoms with Gasteiger partial charge in [-0.3, -0.25) is 4.79 Å². The van der Waals surface area contributed by atoms with Crippen LogP contribution in [0.3, 0.4) is 0 Å². The predicted octanol–water partition coefficient (Wildman–Crippen LogP) is 6.15. The number of carbonyl (C=O) groups is 1. The van der Waals surface area contributed by atoms with Crippen molar-refractivity contribution in [2.45, 2.75) is 77.2 Å². The molecule has 2 aromatic rings. The number of hydrogen-bond donors (Lipinski definition) is 1. The number of Topliss-reactive ketones (excluding diaryl/α,β-unsaturated/α-hetero) is 1. The first-order chi connectivity index (χ1) is 12.9. The molecule has 1 aliphatic rings. The molecule has 1 saturated carbocycles. The van der Waals surface area contributed by atoms with Crippen molar-refractivity contribution >= 4 is 5.78 Å². The van der Waals surface area contributed by atoms with Crippen LogP contribution in [-0.4, -0.2) is 10.9 Å². The molecule has 0 radical (unpaired) electrons. The Balaban J connectivity index is 1.88. The lowest BCUT2D eigenvalue weighted by atomic mass is 9.78. The van der Waals surface area contributed by atoms with Gasteiger partial charge in [0.05, 0.1) is 11.5 Å². The average molecular weight is 379 g/mol. The number of ketones is 1. The topological polar surface area (TPSA) is 37.3 Å². The van der Waals surface area contributed by atoms with Gasteiger partial charge in [0.2, 0.25) is 0 Å². The maximum atomic E-state index is 13.3.